The highest BCUT2D eigenvalue weighted by molar-refractivity contribution is 5.89. The van der Waals surface area contributed by atoms with Crippen LogP contribution in [-0.2, 0) is 4.74 Å². The van der Waals surface area contributed by atoms with Crippen molar-refractivity contribution in [3.05, 3.63) is 33.6 Å². The summed E-state index contributed by atoms with van der Waals surface area (Å²) < 4.78 is 23.7. The molecular weight excluding hydrogens is 273 g/mol. The van der Waals surface area contributed by atoms with Gasteiger partial charge in [-0.05, 0) is 13.8 Å². The zero-order valence-corrected chi connectivity index (χ0v) is 11.0. The second-order valence-electron chi connectivity index (χ2n) is 4.13. The van der Waals surface area contributed by atoms with Crippen LogP contribution in [0.15, 0.2) is 12.1 Å². The van der Waals surface area contributed by atoms with E-state index in [1.165, 1.54) is 0 Å². The molecule has 0 saturated heterocycles. The molecule has 7 nitrogen and oxygen atoms in total. The molecule has 0 aliphatic carbocycles. The quantitative estimate of drug-likeness (QED) is 0.469. The van der Waals surface area contributed by atoms with Gasteiger partial charge in [-0.15, -0.1) is 0 Å². The summed E-state index contributed by atoms with van der Waals surface area (Å²) in [7, 11) is 0. The maximum absolute atomic E-state index is 13.5. The molecular formula is C12H14FNO6. The van der Waals surface area contributed by atoms with Gasteiger partial charge in [0, 0.05) is 12.1 Å². The van der Waals surface area contributed by atoms with E-state index in [1.54, 1.807) is 0 Å². The lowest BCUT2D eigenvalue weighted by molar-refractivity contribution is -0.386. The summed E-state index contributed by atoms with van der Waals surface area (Å²) in [6, 6.07) is 1.33. The van der Waals surface area contributed by atoms with Crippen LogP contribution in [-0.4, -0.2) is 35.3 Å². The number of aromatic carboxylic acids is 1. The summed E-state index contributed by atoms with van der Waals surface area (Å²) in [5.74, 6) is -3.01. The van der Waals surface area contributed by atoms with Gasteiger partial charge in [0.05, 0.1) is 17.6 Å². The first kappa shape index (κ1) is 15.8. The third-order valence-electron chi connectivity index (χ3n) is 2.27. The normalized spacial score (nSPS) is 10.6. The molecule has 1 N–H and O–H groups in total. The third kappa shape index (κ3) is 4.16. The molecule has 20 heavy (non-hydrogen) atoms. The van der Waals surface area contributed by atoms with Crippen molar-refractivity contribution in [3.63, 3.8) is 0 Å². The minimum atomic E-state index is -1.58. The Bertz CT molecular complexity index is 517. The maximum atomic E-state index is 13.5. The zero-order chi connectivity index (χ0) is 15.3. The molecule has 1 aromatic carbocycles. The molecule has 8 heteroatoms. The number of carboxylic acids is 1. The number of halogens is 1. The van der Waals surface area contributed by atoms with Gasteiger partial charge in [0.2, 0.25) is 0 Å². The summed E-state index contributed by atoms with van der Waals surface area (Å²) in [5, 5.41) is 19.5. The molecule has 0 fully saturated rings. The molecule has 0 aliphatic heterocycles. The minimum absolute atomic E-state index is 0.00905. The maximum Gasteiger partial charge on any atom is 0.338 e. The number of hydrogen-bond acceptors (Lipinski definition) is 5. The number of ether oxygens (including phenoxy) is 2. The lowest BCUT2D eigenvalue weighted by atomic mass is 10.1. The number of benzene rings is 1. The van der Waals surface area contributed by atoms with Crippen LogP contribution >= 0.6 is 0 Å². The average molecular weight is 287 g/mol. The second kappa shape index (κ2) is 6.80. The van der Waals surface area contributed by atoms with Gasteiger partial charge in [-0.3, -0.25) is 10.1 Å². The number of nitro benzene ring substituents is 1. The molecule has 0 spiro atoms. The van der Waals surface area contributed by atoms with E-state index in [2.05, 4.69) is 0 Å². The van der Waals surface area contributed by atoms with Gasteiger partial charge < -0.3 is 14.6 Å². The van der Waals surface area contributed by atoms with Crippen molar-refractivity contribution < 1.29 is 28.7 Å². The van der Waals surface area contributed by atoms with Crippen LogP contribution in [0.4, 0.5) is 10.1 Å². The van der Waals surface area contributed by atoms with Crippen molar-refractivity contribution >= 4 is 11.7 Å². The summed E-state index contributed by atoms with van der Waals surface area (Å²) in [6.07, 6.45) is -0.0280. The molecule has 0 atom stereocenters. The van der Waals surface area contributed by atoms with Gasteiger partial charge in [-0.25, -0.2) is 9.18 Å². The largest absolute Gasteiger partial charge is 0.484 e. The lowest BCUT2D eigenvalue weighted by Crippen LogP contribution is -2.12. The Labute approximate surface area is 114 Å². The van der Waals surface area contributed by atoms with E-state index in [9.17, 15) is 19.3 Å². The smallest absolute Gasteiger partial charge is 0.338 e. The SMILES string of the molecule is CC(C)OCCOc1cc(F)c(C(=O)O)cc1[N+](=O)[O-]. The van der Waals surface area contributed by atoms with Crippen LogP contribution in [0.25, 0.3) is 0 Å². The predicted molar refractivity (Wildman–Crippen MR) is 66.6 cm³/mol. The van der Waals surface area contributed by atoms with Crippen molar-refractivity contribution in [2.45, 2.75) is 20.0 Å². The Hall–Kier alpha value is -2.22. The van der Waals surface area contributed by atoms with Crippen molar-refractivity contribution in [2.75, 3.05) is 13.2 Å². The number of nitro groups is 1. The number of carbonyl (C=O) groups is 1. The molecule has 0 aromatic heterocycles. The van der Waals surface area contributed by atoms with Crippen molar-refractivity contribution in [1.29, 1.82) is 0 Å². The Balaban J connectivity index is 2.92. The number of carboxylic acid groups (broad SMARTS) is 1. The van der Waals surface area contributed by atoms with Gasteiger partial charge in [0.1, 0.15) is 18.0 Å². The van der Waals surface area contributed by atoms with Gasteiger partial charge in [0.25, 0.3) is 0 Å². The van der Waals surface area contributed by atoms with Crippen LogP contribution in [0, 0.1) is 15.9 Å². The zero-order valence-electron chi connectivity index (χ0n) is 11.0. The fourth-order valence-corrected chi connectivity index (χ4v) is 1.40. The first-order chi connectivity index (χ1) is 9.32. The molecule has 0 radical (unpaired) electrons. The molecule has 0 bridgehead atoms. The monoisotopic (exact) mass is 287 g/mol. The van der Waals surface area contributed by atoms with Gasteiger partial charge in [-0.2, -0.15) is 0 Å². The van der Waals surface area contributed by atoms with Crippen LogP contribution < -0.4 is 4.74 Å². The first-order valence-electron chi connectivity index (χ1n) is 5.78. The molecule has 1 rings (SSSR count). The number of rotatable bonds is 7. The van der Waals surface area contributed by atoms with Crippen LogP contribution in [0.2, 0.25) is 0 Å². The summed E-state index contributed by atoms with van der Waals surface area (Å²) in [4.78, 5) is 20.7. The fourth-order valence-electron chi connectivity index (χ4n) is 1.40. The van der Waals surface area contributed by atoms with E-state index >= 15 is 0 Å². The van der Waals surface area contributed by atoms with E-state index in [-0.39, 0.29) is 25.1 Å². The third-order valence-corrected chi connectivity index (χ3v) is 2.27. The van der Waals surface area contributed by atoms with Gasteiger partial charge in [0.15, 0.2) is 5.75 Å². The van der Waals surface area contributed by atoms with Crippen LogP contribution in [0.3, 0.4) is 0 Å². The van der Waals surface area contributed by atoms with Gasteiger partial charge >= 0.3 is 11.7 Å². The van der Waals surface area contributed by atoms with Crippen LogP contribution in [0.5, 0.6) is 5.75 Å². The Morgan fingerprint density at radius 1 is 1.45 bits per heavy atom. The Kier molecular flexibility index (Phi) is 5.39. The van der Waals surface area contributed by atoms with E-state index in [0.717, 1.165) is 0 Å². The minimum Gasteiger partial charge on any atom is -0.484 e. The summed E-state index contributed by atoms with van der Waals surface area (Å²) in [5.41, 5.74) is -1.38. The molecule has 0 heterocycles. The highest BCUT2D eigenvalue weighted by atomic mass is 19.1. The highest BCUT2D eigenvalue weighted by Gasteiger charge is 2.22. The Morgan fingerprint density at radius 3 is 2.60 bits per heavy atom. The molecule has 0 amide bonds. The first-order valence-corrected chi connectivity index (χ1v) is 5.78. The van der Waals surface area contributed by atoms with Crippen LogP contribution in [0.1, 0.15) is 24.2 Å². The molecule has 0 saturated carbocycles. The number of nitrogens with zero attached hydrogens (tertiary/aromatic N) is 1. The number of hydrogen-bond donors (Lipinski definition) is 1. The molecule has 1 aromatic rings. The van der Waals surface area contributed by atoms with Crippen molar-refractivity contribution in [2.24, 2.45) is 0 Å². The van der Waals surface area contributed by atoms with E-state index in [1.807, 2.05) is 13.8 Å². The Morgan fingerprint density at radius 2 is 2.10 bits per heavy atom. The standard InChI is InChI=1S/C12H14FNO6/c1-7(2)19-3-4-20-11-6-9(13)8(12(15)16)5-10(11)14(17)18/h5-7H,3-4H2,1-2H3,(H,15,16). The highest BCUT2D eigenvalue weighted by Crippen LogP contribution is 2.30. The second-order valence-corrected chi connectivity index (χ2v) is 4.13. The predicted octanol–water partition coefficient (Wildman–Crippen LogP) is 2.24. The fraction of sp³-hybridized carbons (Fsp3) is 0.417. The van der Waals surface area contributed by atoms with Crippen molar-refractivity contribution in [1.82, 2.24) is 0 Å². The van der Waals surface area contributed by atoms with E-state index in [0.29, 0.717) is 12.1 Å². The summed E-state index contributed by atoms with van der Waals surface area (Å²) in [6.45, 7) is 3.79. The lowest BCUT2D eigenvalue weighted by Gasteiger charge is -2.10. The molecule has 0 unspecified atom stereocenters. The molecule has 0 aliphatic rings. The van der Waals surface area contributed by atoms with Gasteiger partial charge in [-0.1, -0.05) is 0 Å². The van der Waals surface area contributed by atoms with Crippen molar-refractivity contribution in [3.8, 4) is 5.75 Å². The summed E-state index contributed by atoms with van der Waals surface area (Å²) >= 11 is 0. The van der Waals surface area contributed by atoms with E-state index < -0.39 is 28.0 Å². The van der Waals surface area contributed by atoms with E-state index in [4.69, 9.17) is 14.6 Å². The topological polar surface area (TPSA) is 98.9 Å². The molecule has 110 valence electrons. The average Bonchev–Trinajstić information content (AvgIpc) is 2.33.